The van der Waals surface area contributed by atoms with Crippen molar-refractivity contribution >= 4 is 17.0 Å². The molecule has 450 valence electrons. The number of aryl methyl sites for hydroxylation is 2. The summed E-state index contributed by atoms with van der Waals surface area (Å²) in [5.74, 6) is 9.29. The molecular weight excluding hydrogens is 1070 g/mol. The molecule has 1 fully saturated rings. The van der Waals surface area contributed by atoms with Crippen LogP contribution in [0.3, 0.4) is 0 Å². The Morgan fingerprint density at radius 3 is 2.55 bits per heavy atom. The lowest BCUT2D eigenvalue weighted by Gasteiger charge is -2.50. The van der Waals surface area contributed by atoms with E-state index in [1.54, 1.807) is 0 Å². The topological polar surface area (TPSA) is 202 Å². The van der Waals surface area contributed by atoms with Gasteiger partial charge in [0.25, 0.3) is 0 Å². The number of aliphatic hydroxyl groups excluding tert-OH is 2. The van der Waals surface area contributed by atoms with E-state index in [0.717, 1.165) is 106 Å². The van der Waals surface area contributed by atoms with Gasteiger partial charge < -0.3 is 60.1 Å². The van der Waals surface area contributed by atoms with Crippen molar-refractivity contribution < 1.29 is 44.5 Å². The van der Waals surface area contributed by atoms with Crippen molar-refractivity contribution in [2.24, 2.45) is 5.92 Å². The molecule has 3 aliphatic heterocycles. The summed E-state index contributed by atoms with van der Waals surface area (Å²) in [6.45, 7) is 8.47. The fourth-order valence-corrected chi connectivity index (χ4v) is 15.0. The summed E-state index contributed by atoms with van der Waals surface area (Å²) >= 11 is 0. The van der Waals surface area contributed by atoms with E-state index in [-0.39, 0.29) is 55.9 Å². The third-order valence-electron chi connectivity index (χ3n) is 18.8. The van der Waals surface area contributed by atoms with Gasteiger partial charge in [-0.1, -0.05) is 87.4 Å². The van der Waals surface area contributed by atoms with Gasteiger partial charge in [0.15, 0.2) is 17.6 Å². The second kappa shape index (κ2) is 25.9. The molecular formula is C71H87N5O9. The van der Waals surface area contributed by atoms with Crippen LogP contribution >= 0.6 is 0 Å². The minimum Gasteiger partial charge on any atom is -0.507 e. The lowest BCUT2D eigenvalue weighted by molar-refractivity contribution is -0.144. The van der Waals surface area contributed by atoms with Crippen LogP contribution in [0.5, 0.6) is 28.7 Å². The van der Waals surface area contributed by atoms with Crippen molar-refractivity contribution in [1.82, 2.24) is 26.3 Å². The van der Waals surface area contributed by atoms with E-state index in [4.69, 9.17) is 18.9 Å². The second-order valence-corrected chi connectivity index (χ2v) is 25.6. The average Bonchev–Trinajstić information content (AvgIpc) is 0.865. The number of hydrogen-bond donors (Lipinski definition) is 10. The van der Waals surface area contributed by atoms with E-state index in [1.165, 1.54) is 23.1 Å². The quantitative estimate of drug-likeness (QED) is 0.0175. The van der Waals surface area contributed by atoms with Crippen molar-refractivity contribution in [2.75, 3.05) is 52.9 Å². The Morgan fingerprint density at radius 2 is 1.73 bits per heavy atom. The maximum atomic E-state index is 12.1. The number of aliphatic hydroxyl groups is 3. The fraction of sp³-hybridized carbons (Fsp3) is 0.493. The Hall–Kier alpha value is -6.38. The van der Waals surface area contributed by atoms with Gasteiger partial charge in [-0.05, 0) is 182 Å². The molecule has 6 aliphatic rings. The molecule has 0 saturated heterocycles. The molecule has 5 aromatic carbocycles. The Morgan fingerprint density at radius 1 is 0.871 bits per heavy atom. The maximum Gasteiger partial charge on any atom is 0.161 e. The van der Waals surface area contributed by atoms with E-state index in [9.17, 15) is 25.5 Å². The Kier molecular flexibility index (Phi) is 18.0. The molecule has 6 aromatic rings. The van der Waals surface area contributed by atoms with Crippen LogP contribution in [-0.2, 0) is 36.8 Å². The third kappa shape index (κ3) is 12.3. The monoisotopic (exact) mass is 1150 g/mol. The average molecular weight is 1150 g/mol. The van der Waals surface area contributed by atoms with E-state index < -0.39 is 29.5 Å². The highest BCUT2D eigenvalue weighted by molar-refractivity contribution is 5.90. The second-order valence-electron chi connectivity index (χ2n) is 25.6. The normalized spacial score (nSPS) is 23.0. The van der Waals surface area contributed by atoms with E-state index in [1.807, 2.05) is 31.3 Å². The minimum absolute atomic E-state index is 0.0332. The van der Waals surface area contributed by atoms with Crippen molar-refractivity contribution in [2.45, 2.75) is 164 Å². The number of phenols is 2. The standard InChI is InChI=1S/C71H87N5O9/c1-44(2)37-70(3,81)41-73-42-75-62-20-10-11-31-82-61-35-49(33-48(66(61)80)17-13-30-77)69-71(62,83-43-76-51-18-8-5-9-19-51)38-58-55-36-57-63(47-21-25-59-46(32-47)27-29-74-59)50(39-72-28-12-16-45-14-6-4-7-15-45)34-56-60(79)26-24-53(64(56)57)65(55)68-54(67(58)85-69)23-22-52(40-78)84-68/h4,6-7,14-15,21,24-27,29,32-35,44,51-52,57,62-63,69,72-81H,5,8-9,11-13,16-19,22-23,28,30-31,36-43H2,1-3H3/t52-,57-,62+,63+,69+,70+,71-/m0/s1. The van der Waals surface area contributed by atoms with Crippen LogP contribution in [0, 0.1) is 17.8 Å². The summed E-state index contributed by atoms with van der Waals surface area (Å²) in [5.41, 5.74) is 10.8. The number of nitrogens with one attached hydrogen (secondary N) is 5. The van der Waals surface area contributed by atoms with Crippen molar-refractivity contribution in [3.8, 4) is 51.7 Å². The molecule has 1 saturated carbocycles. The zero-order valence-electron chi connectivity index (χ0n) is 49.8. The maximum absolute atomic E-state index is 12.1. The van der Waals surface area contributed by atoms with Crippen LogP contribution in [0.15, 0.2) is 90.6 Å². The summed E-state index contributed by atoms with van der Waals surface area (Å²) in [6, 6.07) is 27.0. The number of aromatic amines is 1. The lowest BCUT2D eigenvalue weighted by Crippen LogP contribution is -2.62. The van der Waals surface area contributed by atoms with Crippen LogP contribution in [0.4, 0.5) is 0 Å². The number of hydrogen-bond acceptors (Lipinski definition) is 13. The molecule has 14 heteroatoms. The number of ether oxygens (including phenoxy) is 4. The Labute approximate surface area is 501 Å². The van der Waals surface area contributed by atoms with Gasteiger partial charge in [0, 0.05) is 85.1 Å². The van der Waals surface area contributed by atoms with E-state index >= 15 is 0 Å². The van der Waals surface area contributed by atoms with E-state index in [0.29, 0.717) is 94.1 Å². The van der Waals surface area contributed by atoms with Gasteiger partial charge in [-0.15, -0.1) is 0 Å². The predicted molar refractivity (Wildman–Crippen MR) is 333 cm³/mol. The predicted octanol–water partition coefficient (Wildman–Crippen LogP) is 10.3. The number of aromatic hydroxyl groups is 2. The molecule has 0 unspecified atom stereocenters. The third-order valence-corrected chi connectivity index (χ3v) is 18.8. The molecule has 14 nitrogen and oxygen atoms in total. The van der Waals surface area contributed by atoms with Crippen LogP contribution in [0.1, 0.15) is 153 Å². The van der Waals surface area contributed by atoms with Gasteiger partial charge in [0.05, 0.1) is 25.5 Å². The number of phenolic OH excluding ortho intramolecular Hbond substituents is 2. The largest absolute Gasteiger partial charge is 0.507 e. The summed E-state index contributed by atoms with van der Waals surface area (Å²) in [5, 5.41) is 72.9. The Bertz CT molecular complexity index is 3430. The van der Waals surface area contributed by atoms with Crippen LogP contribution in [0.25, 0.3) is 28.1 Å². The van der Waals surface area contributed by atoms with Crippen LogP contribution in [-0.4, -0.2) is 113 Å². The summed E-state index contributed by atoms with van der Waals surface area (Å²) < 4.78 is 29.2. The van der Waals surface area contributed by atoms with E-state index in [2.05, 4.69) is 119 Å². The van der Waals surface area contributed by atoms with Gasteiger partial charge in [0.2, 0.25) is 0 Å². The van der Waals surface area contributed by atoms with Crippen molar-refractivity contribution in [1.29, 1.82) is 0 Å². The minimum atomic E-state index is -1.26. The number of aromatic nitrogens is 1. The molecule has 1 aromatic heterocycles. The number of H-pyrrole nitrogens is 1. The molecule has 10 N–H and O–H groups in total. The molecule has 3 aliphatic carbocycles. The summed E-state index contributed by atoms with van der Waals surface area (Å²) in [6.07, 6.45) is 14.4. The number of fused-ring (bicyclic) bond motifs is 12. The molecule has 0 amide bonds. The molecule has 12 rings (SSSR count). The smallest absolute Gasteiger partial charge is 0.161 e. The van der Waals surface area contributed by atoms with Gasteiger partial charge in [-0.2, -0.15) is 0 Å². The number of rotatable bonds is 22. The first kappa shape index (κ1) is 59.0. The molecule has 2 bridgehead atoms. The highest BCUT2D eigenvalue weighted by atomic mass is 16.6. The highest BCUT2D eigenvalue weighted by Gasteiger charge is 2.55. The Balaban J connectivity index is 1.04. The fourth-order valence-electron chi connectivity index (χ4n) is 15.0. The summed E-state index contributed by atoms with van der Waals surface area (Å²) in [7, 11) is 0. The summed E-state index contributed by atoms with van der Waals surface area (Å²) in [4.78, 5) is 3.42. The molecule has 0 spiro atoms. The van der Waals surface area contributed by atoms with Gasteiger partial charge >= 0.3 is 0 Å². The first-order valence-electron chi connectivity index (χ1n) is 31.6. The van der Waals surface area contributed by atoms with Gasteiger partial charge in [-0.25, -0.2) is 0 Å². The first-order chi connectivity index (χ1) is 41.4. The first-order valence-corrected chi connectivity index (χ1v) is 31.6. The highest BCUT2D eigenvalue weighted by Crippen LogP contribution is 2.62. The molecule has 4 heterocycles. The zero-order chi connectivity index (χ0) is 58.7. The molecule has 85 heavy (non-hydrogen) atoms. The molecule has 0 radical (unpaired) electrons. The van der Waals surface area contributed by atoms with Crippen molar-refractivity contribution in [3.63, 3.8) is 0 Å². The van der Waals surface area contributed by atoms with Crippen molar-refractivity contribution in [3.05, 3.63) is 141 Å². The SMILES string of the molecule is CC(C)C[C@@](C)(O)CNCN[C@@H]1C#CCCOc2cc(cc(CCCO)c2O)[C@H]2Oc3c(c4c(c5c3CC[C@@H](CO)O5)-c3ccc(O)c5c3[C@@H](C4)[C@H](c3ccc4[nH]ccc4c3)C(CNCCCc3ccccc3)=C5)C[C@@]21OCNC1CCCCC1. The lowest BCUT2D eigenvalue weighted by atomic mass is 9.62. The molecule has 7 atom stereocenters. The van der Waals surface area contributed by atoms with Crippen LogP contribution in [0.2, 0.25) is 0 Å². The zero-order valence-corrected chi connectivity index (χ0v) is 49.8. The van der Waals surface area contributed by atoms with Gasteiger partial charge in [0.1, 0.15) is 35.0 Å². The van der Waals surface area contributed by atoms with Gasteiger partial charge in [-0.3, -0.25) is 10.6 Å². The number of benzene rings is 5. The van der Waals surface area contributed by atoms with Crippen LogP contribution < -0.4 is 35.5 Å².